The number of carbonyl (C=O) groups excluding carboxylic acids is 4. The lowest BCUT2D eigenvalue weighted by molar-refractivity contribution is -0.0385. The van der Waals surface area contributed by atoms with Gasteiger partial charge in [-0.1, -0.05) is 127 Å². The molecule has 2 saturated heterocycles. The summed E-state index contributed by atoms with van der Waals surface area (Å²) in [4.78, 5) is 58.0. The van der Waals surface area contributed by atoms with Gasteiger partial charge in [-0.2, -0.15) is 0 Å². The molecule has 7 aromatic carbocycles. The highest BCUT2D eigenvalue weighted by Gasteiger charge is 2.42. The van der Waals surface area contributed by atoms with E-state index >= 15 is 0 Å². The van der Waals surface area contributed by atoms with Gasteiger partial charge in [-0.05, 0) is 88.2 Å². The van der Waals surface area contributed by atoms with E-state index in [9.17, 15) is 19.2 Å². The molecule has 7 aromatic rings. The molecule has 0 saturated carbocycles. The summed E-state index contributed by atoms with van der Waals surface area (Å²) in [5.74, 6) is -1.78. The zero-order chi connectivity index (χ0) is 40.8. The second-order valence-electron chi connectivity index (χ2n) is 16.0. The van der Waals surface area contributed by atoms with Crippen molar-refractivity contribution in [3.63, 3.8) is 0 Å². The van der Waals surface area contributed by atoms with E-state index in [1.54, 1.807) is 30.3 Å². The first-order chi connectivity index (χ1) is 29.4. The van der Waals surface area contributed by atoms with Gasteiger partial charge in [0.15, 0.2) is 11.6 Å². The predicted molar refractivity (Wildman–Crippen MR) is 231 cm³/mol. The Hall–Kier alpha value is -6.74. The van der Waals surface area contributed by atoms with Crippen molar-refractivity contribution >= 4 is 45.0 Å². The highest BCUT2D eigenvalue weighted by molar-refractivity contribution is 6.32. The third-order valence-electron chi connectivity index (χ3n) is 12.7. The van der Waals surface area contributed by atoms with Gasteiger partial charge in [0.2, 0.25) is 0 Å². The van der Waals surface area contributed by atoms with E-state index in [4.69, 9.17) is 9.47 Å². The Morgan fingerprint density at radius 1 is 0.467 bits per heavy atom. The summed E-state index contributed by atoms with van der Waals surface area (Å²) in [6.07, 6.45) is 2.24. The number of rotatable bonds is 7. The van der Waals surface area contributed by atoms with E-state index in [-0.39, 0.29) is 33.6 Å². The predicted octanol–water partition coefficient (Wildman–Crippen LogP) is 9.31. The maximum atomic E-state index is 14.7. The van der Waals surface area contributed by atoms with Crippen LogP contribution in [0.5, 0.6) is 0 Å². The first kappa shape index (κ1) is 37.5. The number of hydrogen-bond acceptors (Lipinski definition) is 8. The number of ether oxygens (including phenoxy) is 2. The van der Waals surface area contributed by atoms with E-state index < -0.39 is 28.9 Å². The molecule has 0 aromatic heterocycles. The molecule has 0 atom stereocenters. The van der Waals surface area contributed by atoms with E-state index in [1.165, 1.54) is 0 Å². The van der Waals surface area contributed by atoms with Crippen molar-refractivity contribution < 1.29 is 28.7 Å². The van der Waals surface area contributed by atoms with Crippen LogP contribution >= 0.6 is 0 Å². The monoisotopic (exact) mass is 790 g/mol. The van der Waals surface area contributed by atoms with Gasteiger partial charge in [0.1, 0.15) is 11.2 Å². The molecule has 60 heavy (non-hydrogen) atoms. The summed E-state index contributed by atoms with van der Waals surface area (Å²) < 4.78 is 13.1. The third-order valence-corrected chi connectivity index (χ3v) is 12.7. The van der Waals surface area contributed by atoms with E-state index in [0.29, 0.717) is 68.6 Å². The maximum absolute atomic E-state index is 14.7. The lowest BCUT2D eigenvalue weighted by Gasteiger charge is -2.38. The third kappa shape index (κ3) is 6.31. The average Bonchev–Trinajstić information content (AvgIpc) is 3.30. The molecule has 0 bridgehead atoms. The highest BCUT2D eigenvalue weighted by atomic mass is 16.6. The van der Waals surface area contributed by atoms with Crippen molar-refractivity contribution in [3.05, 3.63) is 190 Å². The molecule has 0 radical (unpaired) electrons. The number of nitrogens with one attached hydrogen (secondary N) is 2. The number of benzene rings is 7. The fraction of sp³-hybridized carbons (Fsp3) is 0.192. The summed E-state index contributed by atoms with van der Waals surface area (Å²) in [5, 5.41) is 10.4. The maximum Gasteiger partial charge on any atom is 0.340 e. The minimum Gasteiger partial charge on any atom is -0.450 e. The number of fused-ring (bicyclic) bond motifs is 4. The Kier molecular flexibility index (Phi) is 9.46. The van der Waals surface area contributed by atoms with Gasteiger partial charge >= 0.3 is 11.9 Å². The van der Waals surface area contributed by atoms with Gasteiger partial charge in [0.05, 0.1) is 11.1 Å². The zero-order valence-corrected chi connectivity index (χ0v) is 33.0. The van der Waals surface area contributed by atoms with Crippen LogP contribution in [0.1, 0.15) is 89.4 Å². The zero-order valence-electron chi connectivity index (χ0n) is 33.0. The topological polar surface area (TPSA) is 111 Å². The molecule has 2 heterocycles. The quantitative estimate of drug-likeness (QED) is 0.122. The SMILES string of the molecule is O=C(OC1(c2ccccc2)CCNCC1)c1cccc2c1C(=O)c1cccc(-c3cccc(C4(OC(=O)c5c6ccccc6cc6ccccc56)CCNCC4)c3)c1C2=O. The molecule has 8 heteroatoms. The first-order valence-corrected chi connectivity index (χ1v) is 20.7. The molecule has 0 amide bonds. The second-order valence-corrected chi connectivity index (χ2v) is 16.0. The van der Waals surface area contributed by atoms with Gasteiger partial charge in [-0.15, -0.1) is 0 Å². The standard InChI is InChI=1S/C52H42N2O6/c55-47-42-21-10-22-43(49(57)59-51(23-27-53-28-24-51)36-14-2-1-3-15-36)45(42)48(56)41-20-9-19-38(44(41)47)35-13-8-16-37(32-35)52(25-29-54-30-26-52)60-50(58)46-39-17-6-4-11-33(39)31-34-12-5-7-18-40(34)46/h1-22,31-32,53-54H,23-30H2. The van der Waals surface area contributed by atoms with Crippen LogP contribution in [0, 0.1) is 0 Å². The Labute approximate surface area is 347 Å². The van der Waals surface area contributed by atoms with Crippen LogP contribution in [-0.4, -0.2) is 49.7 Å². The number of esters is 2. The smallest absolute Gasteiger partial charge is 0.340 e. The molecule has 8 nitrogen and oxygen atoms in total. The first-order valence-electron chi connectivity index (χ1n) is 20.7. The van der Waals surface area contributed by atoms with Crippen LogP contribution < -0.4 is 10.6 Å². The lowest BCUT2D eigenvalue weighted by Crippen LogP contribution is -2.43. The second kappa shape index (κ2) is 15.1. The van der Waals surface area contributed by atoms with Crippen molar-refractivity contribution in [2.75, 3.05) is 26.2 Å². The van der Waals surface area contributed by atoms with E-state index in [0.717, 1.165) is 32.7 Å². The summed E-state index contributed by atoms with van der Waals surface area (Å²) in [7, 11) is 0. The van der Waals surface area contributed by atoms with E-state index in [1.807, 2.05) is 109 Å². The van der Waals surface area contributed by atoms with Crippen molar-refractivity contribution in [1.82, 2.24) is 10.6 Å². The van der Waals surface area contributed by atoms with Gasteiger partial charge in [0.25, 0.3) is 0 Å². The Balaban J connectivity index is 1.01. The van der Waals surface area contributed by atoms with Crippen LogP contribution in [0.25, 0.3) is 32.7 Å². The molecule has 10 rings (SSSR count). The van der Waals surface area contributed by atoms with Gasteiger partial charge in [-0.25, -0.2) is 9.59 Å². The molecule has 2 aliphatic heterocycles. The molecule has 296 valence electrons. The largest absolute Gasteiger partial charge is 0.450 e. The van der Waals surface area contributed by atoms with Crippen molar-refractivity contribution in [2.45, 2.75) is 36.9 Å². The van der Waals surface area contributed by atoms with Crippen LogP contribution in [0.4, 0.5) is 0 Å². The van der Waals surface area contributed by atoms with Gasteiger partial charge in [-0.3, -0.25) is 9.59 Å². The van der Waals surface area contributed by atoms with Crippen LogP contribution in [-0.2, 0) is 20.7 Å². The summed E-state index contributed by atoms with van der Waals surface area (Å²) in [5.41, 5.74) is 2.50. The summed E-state index contributed by atoms with van der Waals surface area (Å²) >= 11 is 0. The number of piperidine rings is 2. The van der Waals surface area contributed by atoms with Crippen molar-refractivity contribution in [2.24, 2.45) is 0 Å². The molecule has 3 aliphatic rings. The van der Waals surface area contributed by atoms with Crippen molar-refractivity contribution in [3.8, 4) is 11.1 Å². The minimum absolute atomic E-state index is 0.0598. The average molecular weight is 791 g/mol. The Morgan fingerprint density at radius 3 is 1.63 bits per heavy atom. The Morgan fingerprint density at radius 2 is 0.967 bits per heavy atom. The van der Waals surface area contributed by atoms with Gasteiger partial charge in [0, 0.05) is 47.9 Å². The highest BCUT2D eigenvalue weighted by Crippen LogP contribution is 2.42. The fourth-order valence-corrected chi connectivity index (χ4v) is 9.62. The molecule has 2 fully saturated rings. The number of carbonyl (C=O) groups is 4. The fourth-order valence-electron chi connectivity index (χ4n) is 9.62. The summed E-state index contributed by atoms with van der Waals surface area (Å²) in [6, 6.07) is 45.4. The van der Waals surface area contributed by atoms with Crippen molar-refractivity contribution in [1.29, 1.82) is 0 Å². The van der Waals surface area contributed by atoms with E-state index in [2.05, 4.69) is 16.7 Å². The molecule has 1 aliphatic carbocycles. The van der Waals surface area contributed by atoms with Crippen LogP contribution in [0.3, 0.4) is 0 Å². The lowest BCUT2D eigenvalue weighted by atomic mass is 9.78. The number of hydrogen-bond donors (Lipinski definition) is 2. The van der Waals surface area contributed by atoms with Crippen LogP contribution in [0.15, 0.2) is 146 Å². The van der Waals surface area contributed by atoms with Crippen LogP contribution in [0.2, 0.25) is 0 Å². The minimum atomic E-state index is -0.960. The molecule has 0 spiro atoms. The number of ketones is 2. The normalized spacial score (nSPS) is 16.8. The summed E-state index contributed by atoms with van der Waals surface area (Å²) in [6.45, 7) is 2.64. The molecule has 2 N–H and O–H groups in total. The molecular weight excluding hydrogens is 749 g/mol. The Bertz CT molecular complexity index is 2820. The van der Waals surface area contributed by atoms with Gasteiger partial charge < -0.3 is 20.1 Å². The molecule has 0 unspecified atom stereocenters. The molecular formula is C52H42N2O6.